The molecule has 10 heteroatoms. The summed E-state index contributed by atoms with van der Waals surface area (Å²) in [5, 5.41) is 9.94. The molecule has 1 aromatic rings. The normalized spacial score (nSPS) is 16.5. The van der Waals surface area contributed by atoms with E-state index in [1.54, 1.807) is 5.01 Å². The number of thiocarbonyl (C=S) groups is 1. The fraction of sp³-hybridized carbons (Fsp3) is 0.429. The molecule has 1 aliphatic heterocycles. The van der Waals surface area contributed by atoms with Gasteiger partial charge in [0.15, 0.2) is 24.3 Å². The second-order valence-electron chi connectivity index (χ2n) is 4.93. The number of nitrogens with zero attached hydrogens (tertiary/aromatic N) is 3. The van der Waals surface area contributed by atoms with Crippen molar-refractivity contribution in [3.05, 3.63) is 22.2 Å². The number of hydrazine groups is 1. The van der Waals surface area contributed by atoms with Crippen molar-refractivity contribution < 1.29 is 14.3 Å². The van der Waals surface area contributed by atoms with E-state index in [2.05, 4.69) is 31.6 Å². The second kappa shape index (κ2) is 8.36. The van der Waals surface area contributed by atoms with Gasteiger partial charge >= 0.3 is 0 Å². The number of nitrogens with one attached hydrogen (secondary N) is 1. The van der Waals surface area contributed by atoms with E-state index >= 15 is 0 Å². The lowest BCUT2D eigenvalue weighted by atomic mass is 10.2. The number of hydrogen-bond acceptors (Lipinski definition) is 6. The molecule has 0 saturated heterocycles. The molecule has 0 aliphatic carbocycles. The van der Waals surface area contributed by atoms with Gasteiger partial charge in [0, 0.05) is 6.54 Å². The Morgan fingerprint density at radius 1 is 1.50 bits per heavy atom. The highest BCUT2D eigenvalue weighted by Crippen LogP contribution is 2.37. The van der Waals surface area contributed by atoms with E-state index < -0.39 is 5.91 Å². The molecule has 2 rings (SSSR count). The zero-order valence-corrected chi connectivity index (χ0v) is 15.7. The number of nitrogens with two attached hydrogens (primary N) is 1. The van der Waals surface area contributed by atoms with Gasteiger partial charge in [-0.2, -0.15) is 5.11 Å². The number of rotatable bonds is 8. The number of halogens is 1. The van der Waals surface area contributed by atoms with Crippen LogP contribution in [0.25, 0.3) is 0 Å². The zero-order valence-electron chi connectivity index (χ0n) is 13.3. The highest BCUT2D eigenvalue weighted by atomic mass is 79.9. The standard InChI is InChI=1S/C14H18BrN5O3S/c1-3-22-11-5-9(4-10(15)13(11)23-7-12(16)21)6-17-20-8(2)18-19-14(20)24/h4-5,8,17H,3,6-7H2,1-2H3,(H2,16,21). The summed E-state index contributed by atoms with van der Waals surface area (Å²) in [7, 11) is 0. The van der Waals surface area contributed by atoms with Gasteiger partial charge in [0.25, 0.3) is 5.91 Å². The fourth-order valence-corrected chi connectivity index (χ4v) is 2.91. The molecule has 0 radical (unpaired) electrons. The smallest absolute Gasteiger partial charge is 0.255 e. The Balaban J connectivity index is 2.13. The molecule has 1 amide bonds. The van der Waals surface area contributed by atoms with Crippen molar-refractivity contribution >= 4 is 39.2 Å². The molecule has 0 saturated carbocycles. The summed E-state index contributed by atoms with van der Waals surface area (Å²) in [6.07, 6.45) is -0.148. The third kappa shape index (κ3) is 4.62. The van der Waals surface area contributed by atoms with E-state index in [-0.39, 0.29) is 12.8 Å². The van der Waals surface area contributed by atoms with Gasteiger partial charge in [-0.25, -0.2) is 5.43 Å². The van der Waals surface area contributed by atoms with Crippen molar-refractivity contribution in [2.75, 3.05) is 13.2 Å². The van der Waals surface area contributed by atoms with Crippen LogP contribution in [-0.2, 0) is 11.3 Å². The van der Waals surface area contributed by atoms with Crippen molar-refractivity contribution in [2.24, 2.45) is 16.0 Å². The Morgan fingerprint density at radius 2 is 2.25 bits per heavy atom. The van der Waals surface area contributed by atoms with Crippen LogP contribution in [0.15, 0.2) is 26.8 Å². The van der Waals surface area contributed by atoms with E-state index in [0.29, 0.717) is 34.2 Å². The van der Waals surface area contributed by atoms with Crippen molar-refractivity contribution in [1.29, 1.82) is 0 Å². The summed E-state index contributed by atoms with van der Waals surface area (Å²) in [5.74, 6) is 0.407. The van der Waals surface area contributed by atoms with Gasteiger partial charge in [-0.15, -0.1) is 5.11 Å². The van der Waals surface area contributed by atoms with E-state index in [1.165, 1.54) is 0 Å². The number of azo groups is 1. The average Bonchev–Trinajstić information content (AvgIpc) is 2.83. The molecule has 1 heterocycles. The van der Waals surface area contributed by atoms with Crippen LogP contribution in [0.4, 0.5) is 0 Å². The summed E-state index contributed by atoms with van der Waals surface area (Å²) in [6, 6.07) is 3.69. The molecule has 0 spiro atoms. The molecular formula is C14H18BrN5O3S. The van der Waals surface area contributed by atoms with Crippen LogP contribution in [0.3, 0.4) is 0 Å². The van der Waals surface area contributed by atoms with Crippen LogP contribution in [0.5, 0.6) is 11.5 Å². The Hall–Kier alpha value is -1.78. The van der Waals surface area contributed by atoms with Crippen LogP contribution < -0.4 is 20.6 Å². The number of carbonyl (C=O) groups is 1. The third-order valence-electron chi connectivity index (χ3n) is 3.07. The highest BCUT2D eigenvalue weighted by Gasteiger charge is 2.22. The molecule has 1 aromatic carbocycles. The predicted octanol–water partition coefficient (Wildman–Crippen LogP) is 2.12. The summed E-state index contributed by atoms with van der Waals surface area (Å²) >= 11 is 8.55. The van der Waals surface area contributed by atoms with E-state index in [0.717, 1.165) is 5.56 Å². The molecule has 8 nitrogen and oxygen atoms in total. The van der Waals surface area contributed by atoms with Crippen LogP contribution in [0.1, 0.15) is 19.4 Å². The van der Waals surface area contributed by atoms with Crippen LogP contribution >= 0.6 is 28.1 Å². The molecule has 130 valence electrons. The summed E-state index contributed by atoms with van der Waals surface area (Å²) in [6.45, 7) is 4.48. The number of hydrogen-bond donors (Lipinski definition) is 2. The van der Waals surface area contributed by atoms with Crippen LogP contribution in [-0.4, -0.2) is 35.4 Å². The minimum atomic E-state index is -0.556. The number of primary amides is 1. The SMILES string of the molecule is CCOc1cc(CNN2C(=S)N=NC2C)cc(Br)c1OCC(N)=O. The predicted molar refractivity (Wildman–Crippen MR) is 95.6 cm³/mol. The van der Waals surface area contributed by atoms with Crippen LogP contribution in [0, 0.1) is 0 Å². The Bertz CT molecular complexity index is 670. The number of ether oxygens (including phenoxy) is 2. The minimum absolute atomic E-state index is 0.148. The monoisotopic (exact) mass is 415 g/mol. The molecule has 1 unspecified atom stereocenters. The topological polar surface area (TPSA) is 102 Å². The largest absolute Gasteiger partial charge is 0.490 e. The quantitative estimate of drug-likeness (QED) is 0.630. The lowest BCUT2D eigenvalue weighted by Gasteiger charge is -2.21. The molecule has 0 aromatic heterocycles. The minimum Gasteiger partial charge on any atom is -0.490 e. The summed E-state index contributed by atoms with van der Waals surface area (Å²) < 4.78 is 11.7. The number of benzene rings is 1. The molecule has 0 fully saturated rings. The third-order valence-corrected chi connectivity index (χ3v) is 3.94. The van der Waals surface area contributed by atoms with Gasteiger partial charge in [-0.3, -0.25) is 9.80 Å². The maximum Gasteiger partial charge on any atom is 0.255 e. The Kier molecular flexibility index (Phi) is 6.46. The summed E-state index contributed by atoms with van der Waals surface area (Å²) in [4.78, 5) is 10.9. The molecule has 1 aliphatic rings. The molecular weight excluding hydrogens is 398 g/mol. The molecule has 0 bridgehead atoms. The summed E-state index contributed by atoms with van der Waals surface area (Å²) in [5.41, 5.74) is 9.23. The van der Waals surface area contributed by atoms with Gasteiger partial charge < -0.3 is 15.2 Å². The number of amides is 1. The van der Waals surface area contributed by atoms with Gasteiger partial charge in [0.1, 0.15) is 0 Å². The lowest BCUT2D eigenvalue weighted by Crippen LogP contribution is -2.42. The Labute approximate surface area is 153 Å². The van der Waals surface area contributed by atoms with E-state index in [9.17, 15) is 4.79 Å². The van der Waals surface area contributed by atoms with Crippen molar-refractivity contribution in [3.8, 4) is 11.5 Å². The first kappa shape index (κ1) is 18.6. The first-order chi connectivity index (χ1) is 11.4. The second-order valence-corrected chi connectivity index (χ2v) is 6.15. The van der Waals surface area contributed by atoms with Gasteiger partial charge in [-0.05, 0) is 59.7 Å². The first-order valence-corrected chi connectivity index (χ1v) is 8.46. The number of carbonyl (C=O) groups excluding carboxylic acids is 1. The maximum atomic E-state index is 10.9. The van der Waals surface area contributed by atoms with Crippen molar-refractivity contribution in [3.63, 3.8) is 0 Å². The van der Waals surface area contributed by atoms with Crippen molar-refractivity contribution in [1.82, 2.24) is 10.4 Å². The van der Waals surface area contributed by atoms with Gasteiger partial charge in [0.2, 0.25) is 5.11 Å². The highest BCUT2D eigenvalue weighted by molar-refractivity contribution is 9.10. The van der Waals surface area contributed by atoms with Crippen molar-refractivity contribution in [2.45, 2.75) is 26.6 Å². The van der Waals surface area contributed by atoms with Gasteiger partial charge in [0.05, 0.1) is 11.1 Å². The van der Waals surface area contributed by atoms with Crippen LogP contribution in [0.2, 0.25) is 0 Å². The first-order valence-electron chi connectivity index (χ1n) is 7.26. The zero-order chi connectivity index (χ0) is 17.7. The van der Waals surface area contributed by atoms with E-state index in [4.69, 9.17) is 27.4 Å². The van der Waals surface area contributed by atoms with E-state index in [1.807, 2.05) is 26.0 Å². The molecule has 1 atom stereocenters. The Morgan fingerprint density at radius 3 is 2.83 bits per heavy atom. The molecule has 3 N–H and O–H groups in total. The fourth-order valence-electron chi connectivity index (χ4n) is 2.04. The van der Waals surface area contributed by atoms with Gasteiger partial charge in [-0.1, -0.05) is 0 Å². The maximum absolute atomic E-state index is 10.9. The lowest BCUT2D eigenvalue weighted by molar-refractivity contribution is -0.119. The average molecular weight is 416 g/mol. The molecule has 24 heavy (non-hydrogen) atoms.